The molecule has 0 N–H and O–H groups in total. The van der Waals surface area contributed by atoms with Gasteiger partial charge in [-0.3, -0.25) is 0 Å². The first-order valence-electron chi connectivity index (χ1n) is 23.1. The van der Waals surface area contributed by atoms with E-state index in [0.717, 1.165) is 28.6 Å². The van der Waals surface area contributed by atoms with Gasteiger partial charge in [0.25, 0.3) is 0 Å². The second-order valence-electron chi connectivity index (χ2n) is 20.8. The van der Waals surface area contributed by atoms with Crippen LogP contribution in [0.25, 0.3) is 55.4 Å². The molecule has 312 valence electrons. The maximum absolute atomic E-state index is 6.88. The Kier molecular flexibility index (Phi) is 7.04. The van der Waals surface area contributed by atoms with E-state index in [9.17, 15) is 0 Å². The zero-order chi connectivity index (χ0) is 43.9. The van der Waals surface area contributed by atoms with Crippen LogP contribution in [0.1, 0.15) is 76.4 Å². The molecule has 5 aliphatic rings. The number of hydrogen-bond acceptors (Lipinski definition) is 3. The van der Waals surface area contributed by atoms with Gasteiger partial charge < -0.3 is 18.9 Å². The van der Waals surface area contributed by atoms with E-state index in [1.54, 1.807) is 0 Å². The zero-order valence-electron chi connectivity index (χ0n) is 37.8. The molecule has 0 atom stereocenters. The predicted molar refractivity (Wildman–Crippen MR) is 268 cm³/mol. The molecule has 0 radical (unpaired) electrons. The molecular formula is C60H47BN2O2. The lowest BCUT2D eigenvalue weighted by Gasteiger charge is -2.45. The van der Waals surface area contributed by atoms with Gasteiger partial charge in [-0.25, -0.2) is 0 Å². The van der Waals surface area contributed by atoms with Crippen molar-refractivity contribution in [1.29, 1.82) is 0 Å². The molecule has 8 aromatic carbocycles. The molecular weight excluding hydrogens is 791 g/mol. The fraction of sp³-hybridized carbons (Fsp3) is 0.167. The minimum atomic E-state index is -0.317. The lowest BCUT2D eigenvalue weighted by Crippen LogP contribution is -2.58. The number of hydrogen-bond donors (Lipinski definition) is 0. The Labute approximate surface area is 380 Å². The van der Waals surface area contributed by atoms with E-state index >= 15 is 0 Å². The van der Waals surface area contributed by atoms with Crippen molar-refractivity contribution in [2.75, 3.05) is 4.90 Å². The molecule has 0 fully saturated rings. The van der Waals surface area contributed by atoms with Gasteiger partial charge >= 0.3 is 6.85 Å². The average Bonchev–Trinajstić information content (AvgIpc) is 3.87. The highest BCUT2D eigenvalue weighted by Crippen LogP contribution is 2.61. The van der Waals surface area contributed by atoms with E-state index in [0.29, 0.717) is 5.75 Å². The molecule has 0 unspecified atom stereocenters. The summed E-state index contributed by atoms with van der Waals surface area (Å²) in [5.74, 6) is 2.89. The maximum Gasteiger partial charge on any atom is 0.333 e. The van der Waals surface area contributed by atoms with Gasteiger partial charge in [0.2, 0.25) is 0 Å². The fourth-order valence-electron chi connectivity index (χ4n) is 12.6. The number of nitrogens with zero attached hydrogens (tertiary/aromatic N) is 2. The van der Waals surface area contributed by atoms with Crippen LogP contribution >= 0.6 is 0 Å². The number of anilines is 3. The van der Waals surface area contributed by atoms with Gasteiger partial charge in [-0.15, -0.1) is 0 Å². The number of fused-ring (bicyclic) bond motifs is 15. The quantitative estimate of drug-likeness (QED) is 0.162. The average molecular weight is 839 g/mol. The van der Waals surface area contributed by atoms with Gasteiger partial charge in [0.15, 0.2) is 23.0 Å². The van der Waals surface area contributed by atoms with Gasteiger partial charge in [-0.2, -0.15) is 0 Å². The van der Waals surface area contributed by atoms with Crippen molar-refractivity contribution in [3.63, 3.8) is 0 Å². The van der Waals surface area contributed by atoms with E-state index in [1.807, 2.05) is 24.3 Å². The summed E-state index contributed by atoms with van der Waals surface area (Å²) < 4.78 is 16.5. The van der Waals surface area contributed by atoms with Crippen molar-refractivity contribution in [1.82, 2.24) is 4.48 Å². The molecule has 0 spiro atoms. The third-order valence-electron chi connectivity index (χ3n) is 15.5. The number of ether oxygens (including phenoxy) is 2. The normalized spacial score (nSPS) is 15.7. The second kappa shape index (κ2) is 12.3. The van der Waals surface area contributed by atoms with Gasteiger partial charge in [-0.1, -0.05) is 164 Å². The summed E-state index contributed by atoms with van der Waals surface area (Å²) in [7, 11) is 0. The Balaban J connectivity index is 1.18. The molecule has 2 aliphatic carbocycles. The van der Waals surface area contributed by atoms with Crippen LogP contribution in [0.4, 0.5) is 17.1 Å². The Morgan fingerprint density at radius 1 is 0.508 bits per heavy atom. The van der Waals surface area contributed by atoms with Gasteiger partial charge in [-0.05, 0) is 103 Å². The summed E-state index contributed by atoms with van der Waals surface area (Å²) in [6, 6.07) is 58.6. The molecule has 3 aliphatic heterocycles. The Morgan fingerprint density at radius 3 is 1.89 bits per heavy atom. The second-order valence-corrected chi connectivity index (χ2v) is 20.8. The first-order chi connectivity index (χ1) is 31.4. The molecule has 4 heterocycles. The molecule has 65 heavy (non-hydrogen) atoms. The molecule has 1 aromatic heterocycles. The van der Waals surface area contributed by atoms with Crippen LogP contribution < -0.4 is 25.3 Å². The van der Waals surface area contributed by atoms with E-state index in [4.69, 9.17) is 9.47 Å². The van der Waals surface area contributed by atoms with E-state index in [-0.39, 0.29) is 23.1 Å². The van der Waals surface area contributed by atoms with Crippen molar-refractivity contribution >= 4 is 45.7 Å². The minimum absolute atomic E-state index is 0.0599. The third-order valence-corrected chi connectivity index (χ3v) is 15.5. The number of para-hydroxylation sites is 3. The first-order valence-corrected chi connectivity index (χ1v) is 23.1. The van der Waals surface area contributed by atoms with Gasteiger partial charge in [0, 0.05) is 61.6 Å². The Bertz CT molecular complexity index is 3610. The predicted octanol–water partition coefficient (Wildman–Crippen LogP) is 14.5. The van der Waals surface area contributed by atoms with Crippen LogP contribution in [0.5, 0.6) is 23.0 Å². The number of benzene rings is 8. The summed E-state index contributed by atoms with van der Waals surface area (Å²) in [6.07, 6.45) is 0. The highest BCUT2D eigenvalue weighted by molar-refractivity contribution is 6.89. The number of rotatable bonds is 2. The van der Waals surface area contributed by atoms with Crippen LogP contribution in [0, 0.1) is 0 Å². The summed E-state index contributed by atoms with van der Waals surface area (Å²) >= 11 is 0. The zero-order valence-corrected chi connectivity index (χ0v) is 37.8. The largest absolute Gasteiger partial charge is 0.450 e. The molecule has 0 saturated heterocycles. The molecule has 4 nitrogen and oxygen atoms in total. The van der Waals surface area contributed by atoms with Crippen LogP contribution in [-0.2, 0) is 16.2 Å². The Morgan fingerprint density at radius 2 is 1.15 bits per heavy atom. The molecule has 0 amide bonds. The Hall–Kier alpha value is -7.24. The third kappa shape index (κ3) is 4.68. The lowest BCUT2D eigenvalue weighted by atomic mass is 9.44. The molecule has 9 aromatic rings. The summed E-state index contributed by atoms with van der Waals surface area (Å²) in [5.41, 5.74) is 23.7. The van der Waals surface area contributed by atoms with E-state index in [2.05, 4.69) is 191 Å². The molecule has 14 rings (SSSR count). The highest BCUT2D eigenvalue weighted by atomic mass is 16.6. The monoisotopic (exact) mass is 838 g/mol. The van der Waals surface area contributed by atoms with Crippen LogP contribution in [0.3, 0.4) is 0 Å². The van der Waals surface area contributed by atoms with E-state index < -0.39 is 0 Å². The van der Waals surface area contributed by atoms with Crippen LogP contribution in [0.2, 0.25) is 0 Å². The van der Waals surface area contributed by atoms with E-state index in [1.165, 1.54) is 100.0 Å². The highest BCUT2D eigenvalue weighted by Gasteiger charge is 2.52. The summed E-state index contributed by atoms with van der Waals surface area (Å²) in [6.45, 7) is 16.5. The van der Waals surface area contributed by atoms with Crippen molar-refractivity contribution in [3.8, 4) is 67.5 Å². The standard InChI is InChI=1S/C60H47BN2O2/c1-58(2,3)35-28-29-46(40(30-35)34-18-9-8-10-19-34)62-47-33-51-50(64-48-26-15-16-27-49(48)65-51)32-45(47)61-54-42(31-41-36-20-11-13-24-43(36)59(4,5)53(41)56(54)62)37-22-17-23-39-52-38-21-12-14-25-44(38)60(6,7)57(52)63(61)55(37)39/h8-33H,1-7H3. The van der Waals surface area contributed by atoms with Crippen LogP contribution in [-0.4, -0.2) is 11.3 Å². The van der Waals surface area contributed by atoms with Gasteiger partial charge in [0.1, 0.15) is 0 Å². The summed E-state index contributed by atoms with van der Waals surface area (Å²) in [5, 5.41) is 1.31. The summed E-state index contributed by atoms with van der Waals surface area (Å²) in [4.78, 5) is 2.63. The van der Waals surface area contributed by atoms with Crippen molar-refractivity contribution in [3.05, 3.63) is 186 Å². The van der Waals surface area contributed by atoms with Crippen molar-refractivity contribution < 1.29 is 9.47 Å². The number of aromatic nitrogens is 1. The minimum Gasteiger partial charge on any atom is -0.450 e. The van der Waals surface area contributed by atoms with Crippen molar-refractivity contribution in [2.45, 2.75) is 64.7 Å². The van der Waals surface area contributed by atoms with Crippen molar-refractivity contribution in [2.24, 2.45) is 0 Å². The SMILES string of the molecule is CC(C)(C)c1ccc(N2c3cc4c(cc3B3c5c(cc6c(c52)C(C)(C)c2ccccc2-6)-c2cccc5c6c(n3c25)C(C)(C)c2ccccc2-6)Oc2ccccc2O4)c(-c2ccccc2)c1. The first kappa shape index (κ1) is 37.2. The molecule has 0 bridgehead atoms. The fourth-order valence-corrected chi connectivity index (χ4v) is 12.6. The topological polar surface area (TPSA) is 26.6 Å². The molecule has 0 saturated carbocycles. The van der Waals surface area contributed by atoms with Gasteiger partial charge in [0.05, 0.1) is 5.69 Å². The molecule has 5 heteroatoms. The lowest BCUT2D eigenvalue weighted by molar-refractivity contribution is 0.360. The van der Waals surface area contributed by atoms with Crippen LogP contribution in [0.15, 0.2) is 158 Å². The maximum atomic E-state index is 6.88. The smallest absolute Gasteiger partial charge is 0.333 e.